The largest absolute Gasteiger partial charge is 0.462 e. The number of carbonyl (C=O) groups excluding carboxylic acids is 2. The van der Waals surface area contributed by atoms with Gasteiger partial charge >= 0.3 is 5.97 Å². The van der Waals surface area contributed by atoms with Gasteiger partial charge in [0.2, 0.25) is 0 Å². The van der Waals surface area contributed by atoms with Crippen molar-refractivity contribution in [2.24, 2.45) is 0 Å². The number of esters is 1. The maximum Gasteiger partial charge on any atom is 0.341 e. The quantitative estimate of drug-likeness (QED) is 0.359. The lowest BCUT2D eigenvalue weighted by Crippen LogP contribution is -2.32. The molecule has 3 heterocycles. The molecule has 1 atom stereocenters. The first kappa shape index (κ1) is 24.2. The molecule has 8 heteroatoms. The predicted octanol–water partition coefficient (Wildman–Crippen LogP) is 4.41. The number of thiophene rings is 1. The number of amides is 1. The highest BCUT2D eigenvalue weighted by atomic mass is 32.1. The third-order valence-corrected chi connectivity index (χ3v) is 7.76. The van der Waals surface area contributed by atoms with Crippen LogP contribution in [0.5, 0.6) is 0 Å². The molecular weight excluding hydrogens is 450 g/mol. The van der Waals surface area contributed by atoms with E-state index in [2.05, 4.69) is 9.88 Å². The molecule has 1 fully saturated rings. The number of aryl methyl sites for hydroxylation is 2. The van der Waals surface area contributed by atoms with Crippen molar-refractivity contribution in [1.29, 1.82) is 5.26 Å². The average molecular weight is 482 g/mol. The molecule has 0 aromatic carbocycles. The monoisotopic (exact) mass is 481 g/mol. The summed E-state index contributed by atoms with van der Waals surface area (Å²) in [4.78, 5) is 26.8. The maximum atomic E-state index is 12.9. The van der Waals surface area contributed by atoms with Crippen molar-refractivity contribution < 1.29 is 19.1 Å². The molecular formula is C26H31N3O4S. The molecule has 0 radical (unpaired) electrons. The van der Waals surface area contributed by atoms with Crippen molar-refractivity contribution in [3.63, 3.8) is 0 Å². The minimum atomic E-state index is -0.401. The first-order valence-corrected chi connectivity index (χ1v) is 12.8. The number of rotatable bonds is 7. The number of nitriles is 1. The molecule has 2 aromatic heterocycles. The molecule has 2 aliphatic rings. The van der Waals surface area contributed by atoms with Gasteiger partial charge < -0.3 is 19.4 Å². The fourth-order valence-electron chi connectivity index (χ4n) is 4.78. The molecule has 1 N–H and O–H groups in total. The second-order valence-electron chi connectivity index (χ2n) is 8.79. The molecule has 0 bridgehead atoms. The van der Waals surface area contributed by atoms with E-state index in [0.29, 0.717) is 25.3 Å². The Bertz CT molecular complexity index is 1160. The second-order valence-corrected chi connectivity index (χ2v) is 9.87. The molecule has 1 amide bonds. The Morgan fingerprint density at radius 1 is 1.32 bits per heavy atom. The summed E-state index contributed by atoms with van der Waals surface area (Å²) in [7, 11) is 0. The third-order valence-electron chi connectivity index (χ3n) is 6.48. The number of carbonyl (C=O) groups is 2. The Balaban J connectivity index is 1.67. The van der Waals surface area contributed by atoms with Gasteiger partial charge in [-0.05, 0) is 82.6 Å². The highest BCUT2D eigenvalue weighted by Crippen LogP contribution is 2.39. The van der Waals surface area contributed by atoms with Crippen molar-refractivity contribution in [1.82, 2.24) is 9.88 Å². The van der Waals surface area contributed by atoms with Crippen LogP contribution in [-0.4, -0.2) is 42.3 Å². The van der Waals surface area contributed by atoms with E-state index < -0.39 is 5.91 Å². The fourth-order valence-corrected chi connectivity index (χ4v) is 6.27. The number of nitrogens with zero attached hydrogens (tertiary/aromatic N) is 2. The summed E-state index contributed by atoms with van der Waals surface area (Å²) in [6, 6.07) is 3.99. The smallest absolute Gasteiger partial charge is 0.341 e. The molecule has 2 aromatic rings. The normalized spacial score (nSPS) is 17.8. The van der Waals surface area contributed by atoms with Crippen molar-refractivity contribution in [2.45, 2.75) is 65.4 Å². The third kappa shape index (κ3) is 4.82. The van der Waals surface area contributed by atoms with Gasteiger partial charge in [-0.15, -0.1) is 11.3 Å². The van der Waals surface area contributed by atoms with Gasteiger partial charge in [0.15, 0.2) is 0 Å². The predicted molar refractivity (Wildman–Crippen MR) is 131 cm³/mol. The zero-order chi connectivity index (χ0) is 24.2. The van der Waals surface area contributed by atoms with Crippen LogP contribution in [-0.2, 0) is 27.1 Å². The van der Waals surface area contributed by atoms with E-state index in [4.69, 9.17) is 9.47 Å². The highest BCUT2D eigenvalue weighted by molar-refractivity contribution is 7.15. The van der Waals surface area contributed by atoms with E-state index in [1.165, 1.54) is 4.88 Å². The van der Waals surface area contributed by atoms with E-state index in [9.17, 15) is 14.9 Å². The van der Waals surface area contributed by atoms with Gasteiger partial charge in [0, 0.05) is 29.4 Å². The van der Waals surface area contributed by atoms with Crippen LogP contribution in [0.25, 0.3) is 11.1 Å². The number of aromatic nitrogens is 1. The molecule has 7 nitrogen and oxygen atoms in total. The van der Waals surface area contributed by atoms with Gasteiger partial charge in [-0.1, -0.05) is 0 Å². The first-order chi connectivity index (χ1) is 16.4. The Hall–Kier alpha value is -2.89. The number of nitrogens with one attached hydrogen (secondary N) is 1. The Kier molecular flexibility index (Phi) is 7.54. The standard InChI is InChI=1S/C26H31N3O4S/c1-4-32-26(31)23-21-9-5-6-10-22(21)34-25(23)29-16(2)12-18(17(29)3)13-19(14-27)24(30)28-15-20-8-7-11-33-20/h12-13,20H,4-11,15H2,1-3H3,(H,28,30)/b19-13+/t20-/m0/s1. The van der Waals surface area contributed by atoms with Gasteiger partial charge in [-0.2, -0.15) is 5.26 Å². The molecule has 0 spiro atoms. The van der Waals surface area contributed by atoms with Gasteiger partial charge in [-0.3, -0.25) is 4.79 Å². The summed E-state index contributed by atoms with van der Waals surface area (Å²) in [5.41, 5.74) is 4.41. The Labute approximate surface area is 204 Å². The van der Waals surface area contributed by atoms with E-state index >= 15 is 0 Å². The van der Waals surface area contributed by atoms with Gasteiger partial charge in [0.1, 0.15) is 16.6 Å². The second kappa shape index (κ2) is 10.6. The van der Waals surface area contributed by atoms with Crippen molar-refractivity contribution in [2.75, 3.05) is 19.8 Å². The lowest BCUT2D eigenvalue weighted by atomic mass is 9.95. The summed E-state index contributed by atoms with van der Waals surface area (Å²) in [6.45, 7) is 7.19. The van der Waals surface area contributed by atoms with Crippen LogP contribution >= 0.6 is 11.3 Å². The van der Waals surface area contributed by atoms with Gasteiger partial charge in [0.05, 0.1) is 18.3 Å². The minimum Gasteiger partial charge on any atom is -0.462 e. The number of fused-ring (bicyclic) bond motifs is 1. The fraction of sp³-hybridized carbons (Fsp3) is 0.500. The van der Waals surface area contributed by atoms with Crippen LogP contribution in [0.2, 0.25) is 0 Å². The van der Waals surface area contributed by atoms with Crippen LogP contribution in [0, 0.1) is 25.2 Å². The molecule has 180 valence electrons. The van der Waals surface area contributed by atoms with E-state index in [0.717, 1.165) is 66.0 Å². The summed E-state index contributed by atoms with van der Waals surface area (Å²) in [6.07, 6.45) is 7.60. The first-order valence-electron chi connectivity index (χ1n) is 12.0. The van der Waals surface area contributed by atoms with Gasteiger partial charge in [-0.25, -0.2) is 4.79 Å². The number of hydrogen-bond acceptors (Lipinski definition) is 6. The Morgan fingerprint density at radius 2 is 2.12 bits per heavy atom. The maximum absolute atomic E-state index is 12.9. The zero-order valence-corrected chi connectivity index (χ0v) is 20.8. The topological polar surface area (TPSA) is 93.4 Å². The van der Waals surface area contributed by atoms with E-state index in [1.807, 2.05) is 32.9 Å². The Morgan fingerprint density at radius 3 is 2.82 bits per heavy atom. The minimum absolute atomic E-state index is 0.0140. The van der Waals surface area contributed by atoms with Crippen LogP contribution in [0.3, 0.4) is 0 Å². The summed E-state index contributed by atoms with van der Waals surface area (Å²) in [5, 5.41) is 13.3. The van der Waals surface area contributed by atoms with E-state index in [1.54, 1.807) is 17.4 Å². The van der Waals surface area contributed by atoms with Crippen LogP contribution in [0.4, 0.5) is 0 Å². The molecule has 0 saturated carbocycles. The highest BCUT2D eigenvalue weighted by Gasteiger charge is 2.29. The zero-order valence-electron chi connectivity index (χ0n) is 20.0. The molecule has 1 aliphatic heterocycles. The van der Waals surface area contributed by atoms with Crippen molar-refractivity contribution in [3.05, 3.63) is 44.6 Å². The van der Waals surface area contributed by atoms with E-state index in [-0.39, 0.29) is 17.6 Å². The van der Waals surface area contributed by atoms with Crippen LogP contribution < -0.4 is 5.32 Å². The summed E-state index contributed by atoms with van der Waals surface area (Å²) < 4.78 is 13.0. The SMILES string of the molecule is CCOC(=O)c1c(-n2c(C)cc(/C=C(\C#N)C(=O)NC[C@@H]3CCCO3)c2C)sc2c1CCCC2. The van der Waals surface area contributed by atoms with Crippen molar-refractivity contribution in [3.8, 4) is 11.1 Å². The number of ether oxygens (including phenoxy) is 2. The van der Waals surface area contributed by atoms with Crippen LogP contribution in [0.15, 0.2) is 11.6 Å². The van der Waals surface area contributed by atoms with Crippen molar-refractivity contribution >= 4 is 29.3 Å². The summed E-state index contributed by atoms with van der Waals surface area (Å²) >= 11 is 1.65. The molecule has 0 unspecified atom stereocenters. The van der Waals surface area contributed by atoms with Gasteiger partial charge in [0.25, 0.3) is 5.91 Å². The molecule has 34 heavy (non-hydrogen) atoms. The lowest BCUT2D eigenvalue weighted by molar-refractivity contribution is -0.117. The average Bonchev–Trinajstić information content (AvgIpc) is 3.53. The number of hydrogen-bond donors (Lipinski definition) is 1. The summed E-state index contributed by atoms with van der Waals surface area (Å²) in [5.74, 6) is -0.686. The molecule has 4 rings (SSSR count). The van der Waals surface area contributed by atoms with Crippen LogP contribution in [0.1, 0.15) is 70.4 Å². The lowest BCUT2D eigenvalue weighted by Gasteiger charge is -2.13. The molecule has 1 aliphatic carbocycles. The molecule has 1 saturated heterocycles.